The minimum absolute atomic E-state index is 0.675. The minimum Gasteiger partial charge on any atom is -0.494 e. The molecule has 2 atom stereocenters. The maximum atomic E-state index is 5.50. The molecule has 1 aromatic carbocycles. The summed E-state index contributed by atoms with van der Waals surface area (Å²) in [4.78, 5) is 2.49. The summed E-state index contributed by atoms with van der Waals surface area (Å²) in [5, 5.41) is 3.67. The van der Waals surface area contributed by atoms with Gasteiger partial charge in [0.05, 0.1) is 6.61 Å². The molecule has 1 aliphatic rings. The summed E-state index contributed by atoms with van der Waals surface area (Å²) in [6.07, 6.45) is 2.44. The molecule has 1 N–H and O–H groups in total. The molecule has 20 heavy (non-hydrogen) atoms. The topological polar surface area (TPSA) is 24.5 Å². The molecule has 1 aromatic rings. The monoisotopic (exact) mass is 276 g/mol. The first kappa shape index (κ1) is 15.2. The van der Waals surface area contributed by atoms with Gasteiger partial charge in [0.2, 0.25) is 0 Å². The lowest BCUT2D eigenvalue weighted by Crippen LogP contribution is -2.48. The molecule has 1 aliphatic heterocycles. The average Bonchev–Trinajstić information content (AvgIpc) is 2.47. The van der Waals surface area contributed by atoms with Crippen LogP contribution in [0.1, 0.15) is 33.6 Å². The molecule has 0 spiro atoms. The predicted octanol–water partition coefficient (Wildman–Crippen LogP) is 3.30. The van der Waals surface area contributed by atoms with Crippen molar-refractivity contribution < 1.29 is 4.74 Å². The zero-order chi connectivity index (χ0) is 14.4. The van der Waals surface area contributed by atoms with Crippen molar-refractivity contribution in [3.8, 4) is 5.75 Å². The van der Waals surface area contributed by atoms with Crippen molar-refractivity contribution in [1.29, 1.82) is 0 Å². The summed E-state index contributed by atoms with van der Waals surface area (Å²) < 4.78 is 5.50. The molecule has 0 amide bonds. The fourth-order valence-electron chi connectivity index (χ4n) is 2.93. The van der Waals surface area contributed by atoms with Crippen molar-refractivity contribution >= 4 is 5.69 Å². The number of hydrogen-bond acceptors (Lipinski definition) is 3. The summed E-state index contributed by atoms with van der Waals surface area (Å²) in [5.74, 6) is 1.66. The van der Waals surface area contributed by atoms with E-state index >= 15 is 0 Å². The molecule has 0 bridgehead atoms. The van der Waals surface area contributed by atoms with Crippen LogP contribution in [-0.4, -0.2) is 32.3 Å². The van der Waals surface area contributed by atoms with E-state index < -0.39 is 0 Å². The van der Waals surface area contributed by atoms with E-state index in [0.717, 1.165) is 32.0 Å². The molecule has 2 rings (SSSR count). The van der Waals surface area contributed by atoms with Crippen molar-refractivity contribution in [2.75, 3.05) is 31.1 Å². The van der Waals surface area contributed by atoms with E-state index in [2.05, 4.69) is 48.3 Å². The Kier molecular flexibility index (Phi) is 5.72. The fraction of sp³-hybridized carbons (Fsp3) is 0.647. The number of nitrogens with one attached hydrogen (secondary N) is 1. The molecule has 0 aromatic heterocycles. The Hall–Kier alpha value is -1.22. The fourth-order valence-corrected chi connectivity index (χ4v) is 2.93. The Balaban J connectivity index is 1.91. The summed E-state index contributed by atoms with van der Waals surface area (Å²) in [7, 11) is 0. The maximum absolute atomic E-state index is 5.50. The molecule has 0 saturated carbocycles. The van der Waals surface area contributed by atoms with Gasteiger partial charge in [-0.3, -0.25) is 0 Å². The van der Waals surface area contributed by atoms with Crippen LogP contribution in [0.3, 0.4) is 0 Å². The Morgan fingerprint density at radius 1 is 1.25 bits per heavy atom. The smallest absolute Gasteiger partial charge is 0.119 e. The third kappa shape index (κ3) is 3.89. The van der Waals surface area contributed by atoms with Gasteiger partial charge in [0.15, 0.2) is 0 Å². The highest BCUT2D eigenvalue weighted by Gasteiger charge is 2.25. The molecule has 1 fully saturated rings. The number of nitrogens with zero attached hydrogens (tertiary/aromatic N) is 1. The van der Waals surface area contributed by atoms with Crippen LogP contribution >= 0.6 is 0 Å². The Morgan fingerprint density at radius 2 is 2.00 bits per heavy atom. The lowest BCUT2D eigenvalue weighted by molar-refractivity contribution is 0.322. The van der Waals surface area contributed by atoms with Gasteiger partial charge in [-0.1, -0.05) is 13.8 Å². The van der Waals surface area contributed by atoms with Crippen LogP contribution in [0.2, 0.25) is 0 Å². The number of anilines is 1. The van der Waals surface area contributed by atoms with Gasteiger partial charge in [-0.25, -0.2) is 0 Å². The van der Waals surface area contributed by atoms with Gasteiger partial charge in [-0.2, -0.15) is 0 Å². The molecule has 3 nitrogen and oxygen atoms in total. The first-order valence-electron chi connectivity index (χ1n) is 7.95. The summed E-state index contributed by atoms with van der Waals surface area (Å²) in [6, 6.07) is 9.18. The number of piperidine rings is 1. The highest BCUT2D eigenvalue weighted by Crippen LogP contribution is 2.25. The average molecular weight is 276 g/mol. The molecule has 1 heterocycles. The molecule has 0 aliphatic carbocycles. The zero-order valence-corrected chi connectivity index (χ0v) is 13.1. The maximum Gasteiger partial charge on any atom is 0.119 e. The Bertz CT molecular complexity index is 390. The Labute approximate surface area is 123 Å². The van der Waals surface area contributed by atoms with Crippen molar-refractivity contribution in [2.45, 2.75) is 39.7 Å². The summed E-state index contributed by atoms with van der Waals surface area (Å²) in [6.45, 7) is 10.7. The van der Waals surface area contributed by atoms with Crippen LogP contribution in [0.4, 0.5) is 5.69 Å². The van der Waals surface area contributed by atoms with E-state index in [1.807, 2.05) is 6.92 Å². The molecule has 1 saturated heterocycles. The van der Waals surface area contributed by atoms with Crippen LogP contribution in [0, 0.1) is 5.92 Å². The van der Waals surface area contributed by atoms with Gasteiger partial charge in [0, 0.05) is 24.8 Å². The number of rotatable bonds is 6. The van der Waals surface area contributed by atoms with Crippen LogP contribution in [-0.2, 0) is 0 Å². The second-order valence-corrected chi connectivity index (χ2v) is 5.70. The lowest BCUT2D eigenvalue weighted by Gasteiger charge is -2.38. The van der Waals surface area contributed by atoms with Crippen LogP contribution in [0.25, 0.3) is 0 Å². The minimum atomic E-state index is 0.675. The van der Waals surface area contributed by atoms with E-state index in [-0.39, 0.29) is 0 Å². The van der Waals surface area contributed by atoms with E-state index in [0.29, 0.717) is 12.0 Å². The zero-order valence-electron chi connectivity index (χ0n) is 13.1. The lowest BCUT2D eigenvalue weighted by atomic mass is 9.93. The van der Waals surface area contributed by atoms with E-state index in [1.165, 1.54) is 18.5 Å². The quantitative estimate of drug-likeness (QED) is 0.863. The largest absolute Gasteiger partial charge is 0.494 e. The highest BCUT2D eigenvalue weighted by atomic mass is 16.5. The van der Waals surface area contributed by atoms with Gasteiger partial charge in [-0.05, 0) is 56.5 Å². The Morgan fingerprint density at radius 3 is 2.60 bits per heavy atom. The molecule has 112 valence electrons. The predicted molar refractivity (Wildman–Crippen MR) is 85.7 cm³/mol. The molecular weight excluding hydrogens is 248 g/mol. The molecule has 2 unspecified atom stereocenters. The number of ether oxygens (including phenoxy) is 1. The first-order valence-corrected chi connectivity index (χ1v) is 7.95. The van der Waals surface area contributed by atoms with Gasteiger partial charge < -0.3 is 15.0 Å². The van der Waals surface area contributed by atoms with Gasteiger partial charge >= 0.3 is 0 Å². The van der Waals surface area contributed by atoms with Crippen molar-refractivity contribution in [1.82, 2.24) is 5.32 Å². The van der Waals surface area contributed by atoms with Gasteiger partial charge in [-0.15, -0.1) is 0 Å². The van der Waals surface area contributed by atoms with Crippen molar-refractivity contribution in [3.05, 3.63) is 24.3 Å². The molecule has 0 radical (unpaired) electrons. The number of benzene rings is 1. The third-order valence-electron chi connectivity index (χ3n) is 4.07. The van der Waals surface area contributed by atoms with E-state index in [4.69, 9.17) is 4.74 Å². The van der Waals surface area contributed by atoms with Crippen molar-refractivity contribution in [3.63, 3.8) is 0 Å². The molecular formula is C17H28N2O. The highest BCUT2D eigenvalue weighted by molar-refractivity contribution is 5.49. The van der Waals surface area contributed by atoms with E-state index in [9.17, 15) is 0 Å². The summed E-state index contributed by atoms with van der Waals surface area (Å²) >= 11 is 0. The van der Waals surface area contributed by atoms with Crippen LogP contribution in [0.15, 0.2) is 24.3 Å². The van der Waals surface area contributed by atoms with Crippen LogP contribution in [0.5, 0.6) is 5.75 Å². The van der Waals surface area contributed by atoms with Gasteiger partial charge in [0.25, 0.3) is 0 Å². The van der Waals surface area contributed by atoms with Crippen LogP contribution < -0.4 is 15.0 Å². The standard InChI is InChI=1S/C17H28N2O/c1-4-11-18-17-10-12-19(13-14(17)3)15-6-8-16(9-7-15)20-5-2/h6-9,14,17-18H,4-5,10-13H2,1-3H3. The first-order chi connectivity index (χ1) is 9.74. The normalized spacial score (nSPS) is 22.9. The summed E-state index contributed by atoms with van der Waals surface area (Å²) in [5.41, 5.74) is 1.31. The van der Waals surface area contributed by atoms with Crippen molar-refractivity contribution in [2.24, 2.45) is 5.92 Å². The second-order valence-electron chi connectivity index (χ2n) is 5.70. The van der Waals surface area contributed by atoms with Gasteiger partial charge in [0.1, 0.15) is 5.75 Å². The second kappa shape index (κ2) is 7.53. The molecule has 3 heteroatoms. The SMILES string of the molecule is CCCNC1CCN(c2ccc(OCC)cc2)CC1C. The number of hydrogen-bond donors (Lipinski definition) is 1. The third-order valence-corrected chi connectivity index (χ3v) is 4.07. The van der Waals surface area contributed by atoms with E-state index in [1.54, 1.807) is 0 Å².